The molecule has 0 bridgehead atoms. The predicted octanol–water partition coefficient (Wildman–Crippen LogP) is 5.39. The smallest absolute Gasteiger partial charge is 0.148 e. The van der Waals surface area contributed by atoms with Crippen LogP contribution in [0.3, 0.4) is 0 Å². The van der Waals surface area contributed by atoms with E-state index < -0.39 is 0 Å². The molecule has 2 aromatic rings. The molecule has 3 atom stereocenters. The first-order chi connectivity index (χ1) is 14.2. The molecule has 0 amide bonds. The quantitative estimate of drug-likeness (QED) is 0.728. The first kappa shape index (κ1) is 19.3. The highest BCUT2D eigenvalue weighted by atomic mass is 35.5. The Bertz CT molecular complexity index is 838. The van der Waals surface area contributed by atoms with E-state index in [1.165, 1.54) is 70.2 Å². The maximum atomic E-state index is 13.5. The van der Waals surface area contributed by atoms with Crippen LogP contribution in [0.5, 0.6) is 0 Å². The van der Waals surface area contributed by atoms with E-state index >= 15 is 0 Å². The minimum Gasteiger partial charge on any atom is -0.366 e. The number of anilines is 1. The zero-order valence-electron chi connectivity index (χ0n) is 16.7. The van der Waals surface area contributed by atoms with Crippen LogP contribution in [-0.4, -0.2) is 40.3 Å². The third kappa shape index (κ3) is 4.13. The summed E-state index contributed by atoms with van der Waals surface area (Å²) < 4.78 is 13.5. The second-order valence-electron chi connectivity index (χ2n) is 9.01. The number of likely N-dealkylation sites (tertiary alicyclic amines) is 1. The molecule has 2 aliphatic carbocycles. The third-order valence-corrected chi connectivity index (χ3v) is 7.42. The summed E-state index contributed by atoms with van der Waals surface area (Å²) in [4.78, 5) is 2.78. The van der Waals surface area contributed by atoms with Gasteiger partial charge in [0.2, 0.25) is 0 Å². The van der Waals surface area contributed by atoms with Crippen molar-refractivity contribution in [2.75, 3.05) is 18.4 Å². The van der Waals surface area contributed by atoms with Crippen molar-refractivity contribution in [3.63, 3.8) is 0 Å². The summed E-state index contributed by atoms with van der Waals surface area (Å²) in [6.45, 7) is 2.55. The molecule has 29 heavy (non-hydrogen) atoms. The number of hydrogen-bond acceptors (Lipinski definition) is 4. The number of aromatic nitrogens is 2. The maximum Gasteiger partial charge on any atom is 0.148 e. The van der Waals surface area contributed by atoms with Gasteiger partial charge in [-0.25, -0.2) is 4.39 Å². The largest absolute Gasteiger partial charge is 0.366 e. The molecule has 0 unspecified atom stereocenters. The van der Waals surface area contributed by atoms with Crippen LogP contribution in [0.1, 0.15) is 44.9 Å². The molecule has 1 aromatic heterocycles. The highest BCUT2D eigenvalue weighted by Gasteiger charge is 2.42. The number of halogens is 2. The SMILES string of the molecule is Fc1ccc(Cl)c(-c2ccc(N[C@@H]3C[C@@H]4CN(C5CCCCC5)C[C@@H]4C3)nn2)c1. The van der Waals surface area contributed by atoms with Crippen LogP contribution in [-0.2, 0) is 0 Å². The van der Waals surface area contributed by atoms with Gasteiger partial charge < -0.3 is 5.32 Å². The Kier molecular flexibility index (Phi) is 5.44. The molecule has 6 heteroatoms. The Hall–Kier alpha value is -1.72. The maximum absolute atomic E-state index is 13.5. The first-order valence-electron chi connectivity index (χ1n) is 11.0. The number of rotatable bonds is 4. The van der Waals surface area contributed by atoms with Crippen LogP contribution in [0.15, 0.2) is 30.3 Å². The Labute approximate surface area is 176 Å². The molecule has 1 N–H and O–H groups in total. The minimum absolute atomic E-state index is 0.326. The average Bonchev–Trinajstić information content (AvgIpc) is 3.30. The van der Waals surface area contributed by atoms with Crippen molar-refractivity contribution >= 4 is 17.4 Å². The van der Waals surface area contributed by atoms with E-state index in [0.29, 0.717) is 22.3 Å². The number of benzene rings is 1. The molecule has 4 nitrogen and oxygen atoms in total. The Morgan fingerprint density at radius 3 is 2.41 bits per heavy atom. The summed E-state index contributed by atoms with van der Waals surface area (Å²) in [5, 5.41) is 12.6. The summed E-state index contributed by atoms with van der Waals surface area (Å²) in [5.74, 6) is 2.09. The fourth-order valence-electron chi connectivity index (χ4n) is 5.65. The summed E-state index contributed by atoms with van der Waals surface area (Å²) in [6.07, 6.45) is 9.48. The fraction of sp³-hybridized carbons (Fsp3) is 0.565. The van der Waals surface area contributed by atoms with Crippen molar-refractivity contribution < 1.29 is 4.39 Å². The lowest BCUT2D eigenvalue weighted by Crippen LogP contribution is -2.36. The Morgan fingerprint density at radius 1 is 0.966 bits per heavy atom. The monoisotopic (exact) mass is 414 g/mol. The van der Waals surface area contributed by atoms with E-state index in [1.54, 1.807) is 6.07 Å². The molecule has 2 heterocycles. The lowest BCUT2D eigenvalue weighted by atomic mass is 9.94. The van der Waals surface area contributed by atoms with Crippen LogP contribution in [0.25, 0.3) is 11.3 Å². The number of fused-ring (bicyclic) bond motifs is 1. The van der Waals surface area contributed by atoms with Gasteiger partial charge in [-0.15, -0.1) is 10.2 Å². The first-order valence-corrected chi connectivity index (χ1v) is 11.3. The fourth-order valence-corrected chi connectivity index (χ4v) is 5.87. The average molecular weight is 415 g/mol. The lowest BCUT2D eigenvalue weighted by molar-refractivity contribution is 0.177. The Balaban J connectivity index is 1.18. The van der Waals surface area contributed by atoms with Crippen molar-refractivity contribution in [2.24, 2.45) is 11.8 Å². The highest BCUT2D eigenvalue weighted by molar-refractivity contribution is 6.33. The van der Waals surface area contributed by atoms with E-state index in [4.69, 9.17) is 11.6 Å². The summed E-state index contributed by atoms with van der Waals surface area (Å²) >= 11 is 6.18. The van der Waals surface area contributed by atoms with E-state index in [1.807, 2.05) is 12.1 Å². The Morgan fingerprint density at radius 2 is 1.72 bits per heavy atom. The summed E-state index contributed by atoms with van der Waals surface area (Å²) in [7, 11) is 0. The second-order valence-corrected chi connectivity index (χ2v) is 9.41. The van der Waals surface area contributed by atoms with Gasteiger partial charge in [0.05, 0.1) is 10.7 Å². The van der Waals surface area contributed by atoms with Crippen molar-refractivity contribution in [1.82, 2.24) is 15.1 Å². The number of nitrogens with one attached hydrogen (secondary N) is 1. The van der Waals surface area contributed by atoms with Gasteiger partial charge in [0.1, 0.15) is 11.6 Å². The van der Waals surface area contributed by atoms with Gasteiger partial charge in [-0.05, 0) is 67.9 Å². The molecular formula is C23H28ClFN4. The predicted molar refractivity (Wildman–Crippen MR) is 115 cm³/mol. The van der Waals surface area contributed by atoms with Crippen LogP contribution in [0.4, 0.5) is 10.2 Å². The molecule has 3 aliphatic rings. The highest BCUT2D eigenvalue weighted by Crippen LogP contribution is 2.41. The standard InChI is InChI=1S/C23H28ClFN4/c24-21-7-6-17(25)12-20(21)22-8-9-23(28-27-22)26-18-10-15-13-29(14-16(15)11-18)19-4-2-1-3-5-19/h6-9,12,15-16,18-19H,1-5,10-11,13-14H2,(H,26,28)/t15-,16+,18-. The molecule has 1 saturated heterocycles. The molecular weight excluding hydrogens is 387 g/mol. The molecule has 0 spiro atoms. The van der Waals surface area contributed by atoms with Gasteiger partial charge in [-0.1, -0.05) is 30.9 Å². The molecule has 3 fully saturated rings. The van der Waals surface area contributed by atoms with E-state index in [-0.39, 0.29) is 5.82 Å². The van der Waals surface area contributed by atoms with Gasteiger partial charge in [0, 0.05) is 30.7 Å². The van der Waals surface area contributed by atoms with Crippen LogP contribution >= 0.6 is 11.6 Å². The van der Waals surface area contributed by atoms with Gasteiger partial charge in [-0.3, -0.25) is 4.90 Å². The van der Waals surface area contributed by atoms with Crippen LogP contribution in [0.2, 0.25) is 5.02 Å². The second kappa shape index (κ2) is 8.19. The molecule has 1 aromatic carbocycles. The van der Waals surface area contributed by atoms with E-state index in [9.17, 15) is 4.39 Å². The minimum atomic E-state index is -0.326. The molecule has 0 radical (unpaired) electrons. The van der Waals surface area contributed by atoms with Crippen molar-refractivity contribution in [3.05, 3.63) is 41.2 Å². The third-order valence-electron chi connectivity index (χ3n) is 7.09. The molecule has 5 rings (SSSR count). The van der Waals surface area contributed by atoms with Gasteiger partial charge >= 0.3 is 0 Å². The summed E-state index contributed by atoms with van der Waals surface area (Å²) in [5.41, 5.74) is 1.16. The van der Waals surface area contributed by atoms with Crippen molar-refractivity contribution in [2.45, 2.75) is 57.0 Å². The van der Waals surface area contributed by atoms with Gasteiger partial charge in [0.15, 0.2) is 0 Å². The number of nitrogens with zero attached hydrogens (tertiary/aromatic N) is 3. The van der Waals surface area contributed by atoms with Gasteiger partial charge in [0.25, 0.3) is 0 Å². The number of hydrogen-bond donors (Lipinski definition) is 1. The molecule has 2 saturated carbocycles. The van der Waals surface area contributed by atoms with E-state index in [0.717, 1.165) is 23.7 Å². The normalized spacial score (nSPS) is 27.9. The topological polar surface area (TPSA) is 41.0 Å². The molecule has 1 aliphatic heterocycles. The van der Waals surface area contributed by atoms with E-state index in [2.05, 4.69) is 20.4 Å². The zero-order valence-corrected chi connectivity index (χ0v) is 17.4. The lowest BCUT2D eigenvalue weighted by Gasteiger charge is -2.32. The van der Waals surface area contributed by atoms with Crippen molar-refractivity contribution in [1.29, 1.82) is 0 Å². The summed E-state index contributed by atoms with van der Waals surface area (Å²) in [6, 6.07) is 9.39. The van der Waals surface area contributed by atoms with Crippen LogP contribution in [0, 0.1) is 17.7 Å². The zero-order chi connectivity index (χ0) is 19.8. The van der Waals surface area contributed by atoms with Crippen LogP contribution < -0.4 is 5.32 Å². The van der Waals surface area contributed by atoms with Gasteiger partial charge in [-0.2, -0.15) is 0 Å². The van der Waals surface area contributed by atoms with Crippen molar-refractivity contribution in [3.8, 4) is 11.3 Å². The molecule has 154 valence electrons.